The van der Waals surface area contributed by atoms with Crippen LogP contribution in [0.4, 0.5) is 0 Å². The van der Waals surface area contributed by atoms with Gasteiger partial charge in [-0.3, -0.25) is 0 Å². The number of nitrogens with two attached hydrogens (primary N) is 1. The first kappa shape index (κ1) is 12.4. The lowest BCUT2D eigenvalue weighted by Crippen LogP contribution is -2.19. The minimum absolute atomic E-state index is 0.274. The standard InChI is InChI=1S/C18H21N/c1-2-14-8-9-16(18(13-19)10-11-18)12-17(14)15-6-4-3-5-7-15/h3-9,12H,2,10-11,13,19H2,1H3. The molecule has 0 atom stereocenters. The molecule has 2 aromatic rings. The highest BCUT2D eigenvalue weighted by Gasteiger charge is 2.42. The van der Waals surface area contributed by atoms with Gasteiger partial charge >= 0.3 is 0 Å². The summed E-state index contributed by atoms with van der Waals surface area (Å²) in [6.07, 6.45) is 3.55. The van der Waals surface area contributed by atoms with Crippen LogP contribution in [0.2, 0.25) is 0 Å². The summed E-state index contributed by atoms with van der Waals surface area (Å²) >= 11 is 0. The summed E-state index contributed by atoms with van der Waals surface area (Å²) in [4.78, 5) is 0. The van der Waals surface area contributed by atoms with E-state index in [1.807, 2.05) is 0 Å². The number of benzene rings is 2. The van der Waals surface area contributed by atoms with Crippen molar-refractivity contribution < 1.29 is 0 Å². The molecule has 0 unspecified atom stereocenters. The van der Waals surface area contributed by atoms with Gasteiger partial charge in [-0.1, -0.05) is 55.5 Å². The highest BCUT2D eigenvalue weighted by atomic mass is 14.7. The molecule has 19 heavy (non-hydrogen) atoms. The second kappa shape index (κ2) is 4.82. The Kier molecular flexibility index (Phi) is 3.16. The smallest absolute Gasteiger partial charge is 0.00764 e. The van der Waals surface area contributed by atoms with E-state index in [4.69, 9.17) is 5.73 Å². The Labute approximate surface area is 115 Å². The second-order valence-corrected chi connectivity index (χ2v) is 5.58. The van der Waals surface area contributed by atoms with Gasteiger partial charge in [0.05, 0.1) is 0 Å². The molecule has 1 heteroatoms. The molecule has 1 saturated carbocycles. The van der Waals surface area contributed by atoms with Crippen LogP contribution in [-0.4, -0.2) is 6.54 Å². The van der Waals surface area contributed by atoms with Gasteiger partial charge in [0.1, 0.15) is 0 Å². The maximum Gasteiger partial charge on any atom is 0.00764 e. The van der Waals surface area contributed by atoms with Crippen LogP contribution in [0.1, 0.15) is 30.9 Å². The molecule has 3 rings (SSSR count). The topological polar surface area (TPSA) is 26.0 Å². The normalized spacial score (nSPS) is 16.3. The van der Waals surface area contributed by atoms with Crippen LogP contribution < -0.4 is 5.73 Å². The van der Waals surface area contributed by atoms with Crippen molar-refractivity contribution in [2.75, 3.05) is 6.54 Å². The monoisotopic (exact) mass is 251 g/mol. The van der Waals surface area contributed by atoms with E-state index in [-0.39, 0.29) is 5.41 Å². The van der Waals surface area contributed by atoms with Crippen molar-refractivity contribution in [2.24, 2.45) is 5.73 Å². The molecule has 0 aliphatic heterocycles. The molecule has 1 nitrogen and oxygen atoms in total. The fourth-order valence-electron chi connectivity index (χ4n) is 2.86. The lowest BCUT2D eigenvalue weighted by Gasteiger charge is -2.17. The van der Waals surface area contributed by atoms with Crippen molar-refractivity contribution in [1.82, 2.24) is 0 Å². The molecule has 1 aliphatic rings. The van der Waals surface area contributed by atoms with E-state index < -0.39 is 0 Å². The van der Waals surface area contributed by atoms with Crippen molar-refractivity contribution in [3.8, 4) is 11.1 Å². The van der Waals surface area contributed by atoms with Gasteiger partial charge in [0, 0.05) is 12.0 Å². The van der Waals surface area contributed by atoms with E-state index in [9.17, 15) is 0 Å². The summed E-state index contributed by atoms with van der Waals surface area (Å²) in [5.74, 6) is 0. The quantitative estimate of drug-likeness (QED) is 0.876. The van der Waals surface area contributed by atoms with Crippen molar-refractivity contribution >= 4 is 0 Å². The van der Waals surface area contributed by atoms with Crippen LogP contribution in [-0.2, 0) is 11.8 Å². The molecule has 0 radical (unpaired) electrons. The minimum Gasteiger partial charge on any atom is -0.330 e. The van der Waals surface area contributed by atoms with Gasteiger partial charge < -0.3 is 5.73 Å². The SMILES string of the molecule is CCc1ccc(C2(CN)CC2)cc1-c1ccccc1. The van der Waals surface area contributed by atoms with Gasteiger partial charge in [-0.15, -0.1) is 0 Å². The average molecular weight is 251 g/mol. The highest BCUT2D eigenvalue weighted by molar-refractivity contribution is 5.69. The summed E-state index contributed by atoms with van der Waals surface area (Å²) < 4.78 is 0. The third-order valence-electron chi connectivity index (χ3n) is 4.43. The maximum atomic E-state index is 5.96. The van der Waals surface area contributed by atoms with Crippen molar-refractivity contribution in [3.63, 3.8) is 0 Å². The van der Waals surface area contributed by atoms with Crippen LogP contribution in [0.3, 0.4) is 0 Å². The van der Waals surface area contributed by atoms with Gasteiger partial charge in [0.15, 0.2) is 0 Å². The molecular formula is C18H21N. The first-order chi connectivity index (χ1) is 9.29. The second-order valence-electron chi connectivity index (χ2n) is 5.58. The van der Waals surface area contributed by atoms with Gasteiger partial charge in [-0.05, 0) is 41.5 Å². The Hall–Kier alpha value is -1.60. The molecule has 1 fully saturated rings. The Morgan fingerprint density at radius 1 is 1.05 bits per heavy atom. The lowest BCUT2D eigenvalue weighted by atomic mass is 9.89. The van der Waals surface area contributed by atoms with Crippen LogP contribution in [0.15, 0.2) is 48.5 Å². The van der Waals surface area contributed by atoms with Crippen LogP contribution in [0.25, 0.3) is 11.1 Å². The maximum absolute atomic E-state index is 5.96. The van der Waals surface area contributed by atoms with Crippen LogP contribution in [0, 0.1) is 0 Å². The number of hydrogen-bond donors (Lipinski definition) is 1. The minimum atomic E-state index is 0.274. The highest BCUT2D eigenvalue weighted by Crippen LogP contribution is 2.48. The molecule has 0 saturated heterocycles. The van der Waals surface area contributed by atoms with E-state index in [2.05, 4.69) is 55.5 Å². The molecule has 0 amide bonds. The van der Waals surface area contributed by atoms with E-state index in [0.717, 1.165) is 13.0 Å². The number of hydrogen-bond acceptors (Lipinski definition) is 1. The summed E-state index contributed by atoms with van der Waals surface area (Å²) in [5.41, 5.74) is 11.8. The Morgan fingerprint density at radius 3 is 2.37 bits per heavy atom. The molecule has 0 heterocycles. The fourth-order valence-corrected chi connectivity index (χ4v) is 2.86. The van der Waals surface area contributed by atoms with Crippen molar-refractivity contribution in [3.05, 3.63) is 59.7 Å². The first-order valence-corrected chi connectivity index (χ1v) is 7.18. The summed E-state index contributed by atoms with van der Waals surface area (Å²) in [6.45, 7) is 2.99. The summed E-state index contributed by atoms with van der Waals surface area (Å²) in [6, 6.07) is 17.6. The van der Waals surface area contributed by atoms with E-state index in [1.165, 1.54) is 35.1 Å². The Balaban J connectivity index is 2.09. The Bertz CT molecular complexity index is 567. The lowest BCUT2D eigenvalue weighted by molar-refractivity contribution is 0.704. The molecule has 2 aromatic carbocycles. The predicted molar refractivity (Wildman–Crippen MR) is 81.2 cm³/mol. The molecule has 2 N–H and O–H groups in total. The van der Waals surface area contributed by atoms with E-state index in [0.29, 0.717) is 0 Å². The zero-order valence-corrected chi connectivity index (χ0v) is 11.5. The van der Waals surface area contributed by atoms with Gasteiger partial charge in [-0.2, -0.15) is 0 Å². The van der Waals surface area contributed by atoms with Gasteiger partial charge in [0.25, 0.3) is 0 Å². The number of aryl methyl sites for hydroxylation is 1. The molecular weight excluding hydrogens is 230 g/mol. The Morgan fingerprint density at radius 2 is 1.79 bits per heavy atom. The van der Waals surface area contributed by atoms with E-state index >= 15 is 0 Å². The summed E-state index contributed by atoms with van der Waals surface area (Å²) in [7, 11) is 0. The first-order valence-electron chi connectivity index (χ1n) is 7.18. The zero-order valence-electron chi connectivity index (χ0n) is 11.5. The van der Waals surface area contributed by atoms with Crippen LogP contribution in [0.5, 0.6) is 0 Å². The molecule has 98 valence electrons. The molecule has 0 aromatic heterocycles. The van der Waals surface area contributed by atoms with Crippen LogP contribution >= 0.6 is 0 Å². The molecule has 1 aliphatic carbocycles. The van der Waals surface area contributed by atoms with Gasteiger partial charge in [-0.25, -0.2) is 0 Å². The molecule has 0 bridgehead atoms. The van der Waals surface area contributed by atoms with Gasteiger partial charge in [0.2, 0.25) is 0 Å². The average Bonchev–Trinajstić information content (AvgIpc) is 3.28. The third-order valence-corrected chi connectivity index (χ3v) is 4.43. The predicted octanol–water partition coefficient (Wildman–Crippen LogP) is 3.91. The van der Waals surface area contributed by atoms with Crippen molar-refractivity contribution in [1.29, 1.82) is 0 Å². The largest absolute Gasteiger partial charge is 0.330 e. The molecule has 0 spiro atoms. The number of rotatable bonds is 4. The zero-order chi connectivity index (χ0) is 13.3. The fraction of sp³-hybridized carbons (Fsp3) is 0.333. The van der Waals surface area contributed by atoms with Crippen molar-refractivity contribution in [2.45, 2.75) is 31.6 Å². The summed E-state index contributed by atoms with van der Waals surface area (Å²) in [5, 5.41) is 0. The third kappa shape index (κ3) is 2.19. The van der Waals surface area contributed by atoms with E-state index in [1.54, 1.807) is 0 Å².